The fourth-order valence-corrected chi connectivity index (χ4v) is 5.36. The van der Waals surface area contributed by atoms with E-state index in [1.54, 1.807) is 0 Å². The summed E-state index contributed by atoms with van der Waals surface area (Å²) in [6.45, 7) is 6.79. The summed E-state index contributed by atoms with van der Waals surface area (Å²) in [4.78, 5) is 3.80. The minimum absolute atomic E-state index is 0.573. The predicted octanol–water partition coefficient (Wildman–Crippen LogP) is 7.32. The summed E-state index contributed by atoms with van der Waals surface area (Å²) in [7, 11) is 0. The Labute approximate surface area is 188 Å². The molecule has 0 saturated heterocycles. The molecule has 0 amide bonds. The Morgan fingerprint density at radius 3 is 2.25 bits per heavy atom. The Balaban J connectivity index is 1.48. The van der Waals surface area contributed by atoms with Crippen molar-refractivity contribution in [1.29, 1.82) is 0 Å². The van der Waals surface area contributed by atoms with E-state index in [-0.39, 0.29) is 0 Å². The minimum Gasteiger partial charge on any atom is -0.297 e. The Hall–Kier alpha value is -0.640. The van der Waals surface area contributed by atoms with Gasteiger partial charge in [0.05, 0.1) is 0 Å². The van der Waals surface area contributed by atoms with Gasteiger partial charge in [-0.25, -0.2) is 0 Å². The van der Waals surface area contributed by atoms with Gasteiger partial charge in [-0.3, -0.25) is 4.90 Å². The van der Waals surface area contributed by atoms with Gasteiger partial charge in [-0.2, -0.15) is 0 Å². The van der Waals surface area contributed by atoms with Crippen molar-refractivity contribution in [3.63, 3.8) is 0 Å². The zero-order valence-electron chi connectivity index (χ0n) is 17.2. The van der Waals surface area contributed by atoms with Crippen molar-refractivity contribution in [1.82, 2.24) is 4.90 Å². The van der Waals surface area contributed by atoms with Crippen LogP contribution in [-0.4, -0.2) is 27.1 Å². The molecule has 1 saturated carbocycles. The van der Waals surface area contributed by atoms with Gasteiger partial charge >= 0.3 is 0 Å². The molecule has 0 spiro atoms. The molecule has 0 N–H and O–H groups in total. The second-order valence-electron chi connectivity index (χ2n) is 8.44. The number of hydrogen-bond acceptors (Lipinski definition) is 1. The second-order valence-corrected chi connectivity index (χ2v) is 10.8. The maximum absolute atomic E-state index is 3.84. The summed E-state index contributed by atoms with van der Waals surface area (Å²) < 4.78 is 0. The molecule has 0 heterocycles. The average Bonchev–Trinajstić information content (AvgIpc) is 2.70. The Bertz CT molecular complexity index is 698. The van der Waals surface area contributed by atoms with Crippen LogP contribution in [0.4, 0.5) is 0 Å². The maximum atomic E-state index is 3.84. The van der Waals surface area contributed by atoms with Crippen molar-refractivity contribution >= 4 is 31.9 Å². The summed E-state index contributed by atoms with van der Waals surface area (Å²) >= 11 is 7.62. The van der Waals surface area contributed by atoms with Crippen molar-refractivity contribution in [3.05, 3.63) is 71.3 Å². The van der Waals surface area contributed by atoms with E-state index in [1.165, 1.54) is 42.4 Å². The quantitative estimate of drug-likeness (QED) is 0.339. The zero-order valence-corrected chi connectivity index (χ0v) is 20.3. The lowest BCUT2D eigenvalue weighted by molar-refractivity contribution is 0.210. The van der Waals surface area contributed by atoms with Gasteiger partial charge in [0.1, 0.15) is 0 Å². The standard InChI is InChI=1S/C25H33Br2N/c1-19(2)28(18-21-7-4-3-5-8-21)16-6-9-20-10-12-22(13-11-20)23-14-15-24(26)25(27)17-23/h3-5,7-8,10-13,19,23-25H,6,9,14-18H2,1-2H3. The van der Waals surface area contributed by atoms with Crippen LogP contribution in [0.25, 0.3) is 0 Å². The number of aryl methyl sites for hydroxylation is 1. The van der Waals surface area contributed by atoms with E-state index < -0.39 is 0 Å². The van der Waals surface area contributed by atoms with Crippen LogP contribution in [0.2, 0.25) is 0 Å². The molecule has 3 heteroatoms. The molecule has 1 aliphatic carbocycles. The summed E-state index contributed by atoms with van der Waals surface area (Å²) in [5.41, 5.74) is 4.39. The van der Waals surface area contributed by atoms with Gasteiger partial charge in [-0.15, -0.1) is 0 Å². The largest absolute Gasteiger partial charge is 0.297 e. The lowest BCUT2D eigenvalue weighted by atomic mass is 9.83. The molecule has 1 fully saturated rings. The topological polar surface area (TPSA) is 3.24 Å². The van der Waals surface area contributed by atoms with Gasteiger partial charge < -0.3 is 0 Å². The van der Waals surface area contributed by atoms with E-state index in [0.717, 1.165) is 19.5 Å². The third kappa shape index (κ3) is 6.43. The number of hydrogen-bond donors (Lipinski definition) is 0. The molecule has 0 radical (unpaired) electrons. The SMILES string of the molecule is CC(C)N(CCCc1ccc(C2CCC(Br)C(Br)C2)cc1)Cc1ccccc1. The van der Waals surface area contributed by atoms with Crippen molar-refractivity contribution in [2.75, 3.05) is 6.54 Å². The minimum atomic E-state index is 0.573. The van der Waals surface area contributed by atoms with Crippen LogP contribution in [-0.2, 0) is 13.0 Å². The lowest BCUT2D eigenvalue weighted by Crippen LogP contribution is -2.31. The molecule has 0 bridgehead atoms. The van der Waals surface area contributed by atoms with Crippen LogP contribution in [0.15, 0.2) is 54.6 Å². The Morgan fingerprint density at radius 1 is 0.893 bits per heavy atom. The van der Waals surface area contributed by atoms with Crippen LogP contribution < -0.4 is 0 Å². The highest BCUT2D eigenvalue weighted by molar-refractivity contribution is 9.12. The van der Waals surface area contributed by atoms with Crippen LogP contribution in [0.1, 0.15) is 62.1 Å². The molecule has 2 aromatic carbocycles. The van der Waals surface area contributed by atoms with Crippen molar-refractivity contribution < 1.29 is 0 Å². The van der Waals surface area contributed by atoms with Crippen molar-refractivity contribution in [3.8, 4) is 0 Å². The molecule has 1 aliphatic rings. The Kier molecular flexibility index (Phi) is 8.62. The fraction of sp³-hybridized carbons (Fsp3) is 0.520. The number of alkyl halides is 2. The monoisotopic (exact) mass is 505 g/mol. The molecule has 1 nitrogen and oxygen atoms in total. The molecule has 3 unspecified atom stereocenters. The highest BCUT2D eigenvalue weighted by Crippen LogP contribution is 2.39. The molecule has 3 rings (SSSR count). The van der Waals surface area contributed by atoms with Gasteiger partial charge in [-0.05, 0) is 75.1 Å². The van der Waals surface area contributed by atoms with Crippen LogP contribution in [0, 0.1) is 0 Å². The van der Waals surface area contributed by atoms with Gasteiger partial charge in [0.15, 0.2) is 0 Å². The first-order chi connectivity index (χ1) is 13.5. The maximum Gasteiger partial charge on any atom is 0.0276 e. The third-order valence-corrected chi connectivity index (χ3v) is 8.83. The molecule has 0 aliphatic heterocycles. The van der Waals surface area contributed by atoms with E-state index >= 15 is 0 Å². The molecule has 0 aromatic heterocycles. The second kappa shape index (κ2) is 10.9. The molecular weight excluding hydrogens is 474 g/mol. The first-order valence-corrected chi connectivity index (χ1v) is 12.5. The highest BCUT2D eigenvalue weighted by atomic mass is 79.9. The van der Waals surface area contributed by atoms with Crippen molar-refractivity contribution in [2.24, 2.45) is 0 Å². The van der Waals surface area contributed by atoms with E-state index in [9.17, 15) is 0 Å². The molecule has 28 heavy (non-hydrogen) atoms. The van der Waals surface area contributed by atoms with Crippen LogP contribution in [0.5, 0.6) is 0 Å². The summed E-state index contributed by atoms with van der Waals surface area (Å²) in [5.74, 6) is 0.703. The lowest BCUT2D eigenvalue weighted by Gasteiger charge is -2.30. The average molecular weight is 507 g/mol. The first kappa shape index (κ1) is 22.1. The molecule has 152 valence electrons. The van der Waals surface area contributed by atoms with Gasteiger partial charge in [0.2, 0.25) is 0 Å². The molecule has 2 aromatic rings. The number of nitrogens with zero attached hydrogens (tertiary/aromatic N) is 1. The van der Waals surface area contributed by atoms with E-state index in [0.29, 0.717) is 21.6 Å². The Morgan fingerprint density at radius 2 is 1.61 bits per heavy atom. The van der Waals surface area contributed by atoms with Crippen molar-refractivity contribution in [2.45, 2.75) is 74.1 Å². The van der Waals surface area contributed by atoms with Gasteiger partial charge in [-0.1, -0.05) is 86.5 Å². The number of halogens is 2. The third-order valence-electron chi connectivity index (χ3n) is 6.01. The first-order valence-electron chi connectivity index (χ1n) is 10.7. The normalized spacial score (nSPS) is 22.7. The summed E-state index contributed by atoms with van der Waals surface area (Å²) in [6.07, 6.45) is 6.16. The van der Waals surface area contributed by atoms with E-state index in [1.807, 2.05) is 0 Å². The summed E-state index contributed by atoms with van der Waals surface area (Å²) in [5, 5.41) is 0. The number of rotatable bonds is 8. The van der Waals surface area contributed by atoms with Crippen LogP contribution >= 0.6 is 31.9 Å². The van der Waals surface area contributed by atoms with Gasteiger partial charge in [0.25, 0.3) is 0 Å². The predicted molar refractivity (Wildman–Crippen MR) is 129 cm³/mol. The smallest absolute Gasteiger partial charge is 0.0276 e. The van der Waals surface area contributed by atoms with Gasteiger partial charge in [0, 0.05) is 22.2 Å². The van der Waals surface area contributed by atoms with Crippen LogP contribution in [0.3, 0.4) is 0 Å². The molecular formula is C25H33Br2N. The highest BCUT2D eigenvalue weighted by Gasteiger charge is 2.27. The summed E-state index contributed by atoms with van der Waals surface area (Å²) in [6, 6.07) is 20.9. The molecule has 3 atom stereocenters. The zero-order chi connectivity index (χ0) is 19.9. The fourth-order valence-electron chi connectivity index (χ4n) is 4.16. The number of benzene rings is 2. The van der Waals surface area contributed by atoms with E-state index in [4.69, 9.17) is 0 Å². The van der Waals surface area contributed by atoms with E-state index in [2.05, 4.69) is 105 Å².